The van der Waals surface area contributed by atoms with Crippen molar-refractivity contribution in [3.05, 3.63) is 29.7 Å². The molecular formula is C14H15ClN4O2. The van der Waals surface area contributed by atoms with Gasteiger partial charge in [-0.05, 0) is 25.0 Å². The van der Waals surface area contributed by atoms with E-state index in [-0.39, 0.29) is 6.09 Å². The minimum atomic E-state index is -0.353. The number of carbonyl (C=O) groups excluding carboxylic acids is 1. The molecule has 21 heavy (non-hydrogen) atoms. The first kappa shape index (κ1) is 13.9. The summed E-state index contributed by atoms with van der Waals surface area (Å²) in [4.78, 5) is 17.8. The monoisotopic (exact) mass is 306 g/mol. The van der Waals surface area contributed by atoms with Crippen molar-refractivity contribution < 1.29 is 9.53 Å². The number of amides is 1. The van der Waals surface area contributed by atoms with Gasteiger partial charge in [0.05, 0.1) is 11.9 Å². The molecule has 0 saturated carbocycles. The molecule has 1 saturated heterocycles. The predicted octanol–water partition coefficient (Wildman–Crippen LogP) is 2.73. The second-order valence-electron chi connectivity index (χ2n) is 4.94. The number of halogens is 1. The van der Waals surface area contributed by atoms with Gasteiger partial charge in [-0.1, -0.05) is 11.6 Å². The van der Waals surface area contributed by atoms with Gasteiger partial charge in [0.15, 0.2) is 5.75 Å². The lowest BCUT2D eigenvalue weighted by molar-refractivity contribution is 0.163. The normalized spacial score (nSPS) is 14.5. The van der Waals surface area contributed by atoms with Crippen molar-refractivity contribution in [3.63, 3.8) is 0 Å². The molecule has 0 aliphatic carbocycles. The van der Waals surface area contributed by atoms with E-state index >= 15 is 0 Å². The first-order valence-electron chi connectivity index (χ1n) is 6.76. The minimum absolute atomic E-state index is 0.330. The number of aryl methyl sites for hydroxylation is 1. The van der Waals surface area contributed by atoms with Gasteiger partial charge in [0, 0.05) is 31.9 Å². The molecule has 1 aliphatic heterocycles. The highest BCUT2D eigenvalue weighted by Gasteiger charge is 2.22. The molecule has 3 rings (SSSR count). The van der Waals surface area contributed by atoms with E-state index in [1.807, 2.05) is 19.3 Å². The Balaban J connectivity index is 1.89. The maximum atomic E-state index is 12.1. The zero-order valence-corrected chi connectivity index (χ0v) is 12.4. The van der Waals surface area contributed by atoms with Gasteiger partial charge >= 0.3 is 6.09 Å². The number of carbonyl (C=O) groups is 1. The number of hydrogen-bond acceptors (Lipinski definition) is 4. The van der Waals surface area contributed by atoms with Crippen LogP contribution in [0, 0.1) is 0 Å². The van der Waals surface area contributed by atoms with Crippen molar-refractivity contribution >= 4 is 17.7 Å². The number of hydrogen-bond donors (Lipinski definition) is 0. The summed E-state index contributed by atoms with van der Waals surface area (Å²) >= 11 is 5.94. The van der Waals surface area contributed by atoms with Crippen LogP contribution in [-0.4, -0.2) is 38.8 Å². The Hall–Kier alpha value is -2.08. The zero-order valence-electron chi connectivity index (χ0n) is 11.6. The molecule has 0 atom stereocenters. The first-order chi connectivity index (χ1) is 10.1. The lowest BCUT2D eigenvalue weighted by Gasteiger charge is -2.16. The number of nitrogens with zero attached hydrogens (tertiary/aromatic N) is 4. The Bertz CT molecular complexity index is 665. The van der Waals surface area contributed by atoms with Crippen molar-refractivity contribution in [2.45, 2.75) is 12.8 Å². The van der Waals surface area contributed by atoms with Gasteiger partial charge in [-0.15, -0.1) is 0 Å². The van der Waals surface area contributed by atoms with Gasteiger partial charge in [-0.25, -0.2) is 9.78 Å². The van der Waals surface area contributed by atoms with Gasteiger partial charge in [0.1, 0.15) is 5.15 Å². The smallest absolute Gasteiger partial charge is 0.408 e. The SMILES string of the molecule is Cn1ccc(-c2cc(Cl)ncc2OC(=O)N2CCCC2)n1. The number of rotatable bonds is 2. The molecule has 110 valence electrons. The Morgan fingerprint density at radius 3 is 2.81 bits per heavy atom. The summed E-state index contributed by atoms with van der Waals surface area (Å²) in [6.07, 6.45) is 4.95. The van der Waals surface area contributed by atoms with Crippen LogP contribution < -0.4 is 4.74 Å². The first-order valence-corrected chi connectivity index (χ1v) is 7.13. The van der Waals surface area contributed by atoms with Gasteiger partial charge in [0.25, 0.3) is 0 Å². The molecule has 6 nitrogen and oxygen atoms in total. The molecule has 1 aliphatic rings. The fourth-order valence-electron chi connectivity index (χ4n) is 2.32. The summed E-state index contributed by atoms with van der Waals surface area (Å²) in [5.74, 6) is 0.370. The van der Waals surface area contributed by atoms with E-state index in [0.717, 1.165) is 25.9 Å². The van der Waals surface area contributed by atoms with E-state index in [1.165, 1.54) is 6.20 Å². The van der Waals surface area contributed by atoms with Crippen LogP contribution in [-0.2, 0) is 7.05 Å². The van der Waals surface area contributed by atoms with Crippen LogP contribution in [0.2, 0.25) is 5.15 Å². The van der Waals surface area contributed by atoms with Crippen LogP contribution in [0.4, 0.5) is 4.79 Å². The predicted molar refractivity (Wildman–Crippen MR) is 78.3 cm³/mol. The highest BCUT2D eigenvalue weighted by Crippen LogP contribution is 2.30. The molecule has 0 bridgehead atoms. The van der Waals surface area contributed by atoms with Gasteiger partial charge in [0.2, 0.25) is 0 Å². The van der Waals surface area contributed by atoms with E-state index in [2.05, 4.69) is 10.1 Å². The lowest BCUT2D eigenvalue weighted by Crippen LogP contribution is -2.30. The summed E-state index contributed by atoms with van der Waals surface area (Å²) < 4.78 is 7.14. The van der Waals surface area contributed by atoms with Crippen molar-refractivity contribution in [3.8, 4) is 17.0 Å². The molecule has 1 amide bonds. The van der Waals surface area contributed by atoms with Gasteiger partial charge in [-0.3, -0.25) is 4.68 Å². The molecule has 0 unspecified atom stereocenters. The van der Waals surface area contributed by atoms with Crippen LogP contribution in [0.25, 0.3) is 11.3 Å². The van der Waals surface area contributed by atoms with Crippen LogP contribution >= 0.6 is 11.6 Å². The average molecular weight is 307 g/mol. The summed E-state index contributed by atoms with van der Waals surface area (Å²) in [6.45, 7) is 1.47. The van der Waals surface area contributed by atoms with Crippen LogP contribution in [0.5, 0.6) is 5.75 Å². The largest absolute Gasteiger partial charge is 0.415 e. The second-order valence-corrected chi connectivity index (χ2v) is 5.33. The third kappa shape index (κ3) is 3.00. The maximum absolute atomic E-state index is 12.1. The number of likely N-dealkylation sites (tertiary alicyclic amines) is 1. The van der Waals surface area contributed by atoms with Crippen LogP contribution in [0.15, 0.2) is 24.5 Å². The molecule has 0 aromatic carbocycles. The maximum Gasteiger partial charge on any atom is 0.415 e. The number of ether oxygens (including phenoxy) is 1. The Morgan fingerprint density at radius 1 is 1.38 bits per heavy atom. The van der Waals surface area contributed by atoms with Crippen molar-refractivity contribution in [1.82, 2.24) is 19.7 Å². The second kappa shape index (κ2) is 5.73. The van der Waals surface area contributed by atoms with Crippen molar-refractivity contribution in [2.75, 3.05) is 13.1 Å². The molecule has 1 fully saturated rings. The van der Waals surface area contributed by atoms with E-state index < -0.39 is 0 Å². The molecule has 0 spiro atoms. The molecule has 3 heterocycles. The molecular weight excluding hydrogens is 292 g/mol. The number of pyridine rings is 1. The molecule has 7 heteroatoms. The topological polar surface area (TPSA) is 60.3 Å². The Kier molecular flexibility index (Phi) is 3.79. The molecule has 0 radical (unpaired) electrons. The lowest BCUT2D eigenvalue weighted by atomic mass is 10.2. The highest BCUT2D eigenvalue weighted by atomic mass is 35.5. The molecule has 2 aromatic rings. The highest BCUT2D eigenvalue weighted by molar-refractivity contribution is 6.29. The van der Waals surface area contributed by atoms with Crippen molar-refractivity contribution in [1.29, 1.82) is 0 Å². The fraction of sp³-hybridized carbons (Fsp3) is 0.357. The quantitative estimate of drug-likeness (QED) is 0.800. The summed E-state index contributed by atoms with van der Waals surface area (Å²) in [5.41, 5.74) is 1.34. The summed E-state index contributed by atoms with van der Waals surface area (Å²) in [6, 6.07) is 3.48. The zero-order chi connectivity index (χ0) is 14.8. The van der Waals surface area contributed by atoms with Crippen molar-refractivity contribution in [2.24, 2.45) is 7.05 Å². The molecule has 0 N–H and O–H groups in total. The molecule has 2 aromatic heterocycles. The van der Waals surface area contributed by atoms with E-state index in [1.54, 1.807) is 15.6 Å². The Morgan fingerprint density at radius 2 is 2.14 bits per heavy atom. The third-order valence-electron chi connectivity index (χ3n) is 3.39. The van der Waals surface area contributed by atoms with Crippen LogP contribution in [0.1, 0.15) is 12.8 Å². The minimum Gasteiger partial charge on any atom is -0.408 e. The third-order valence-corrected chi connectivity index (χ3v) is 3.59. The van der Waals surface area contributed by atoms with E-state index in [9.17, 15) is 4.79 Å². The Labute approximate surface area is 127 Å². The summed E-state index contributed by atoms with van der Waals surface area (Å²) in [7, 11) is 1.82. The van der Waals surface area contributed by atoms with Gasteiger partial charge < -0.3 is 9.64 Å². The average Bonchev–Trinajstić information content (AvgIpc) is 3.11. The van der Waals surface area contributed by atoms with E-state index in [4.69, 9.17) is 16.3 Å². The fourth-order valence-corrected chi connectivity index (χ4v) is 2.47. The summed E-state index contributed by atoms with van der Waals surface area (Å²) in [5, 5.41) is 4.64. The van der Waals surface area contributed by atoms with E-state index in [0.29, 0.717) is 22.2 Å². The van der Waals surface area contributed by atoms with Crippen LogP contribution in [0.3, 0.4) is 0 Å². The number of aromatic nitrogens is 3. The standard InChI is InChI=1S/C14H15ClN4O2/c1-18-7-4-11(17-18)10-8-13(15)16-9-12(10)21-14(20)19-5-2-3-6-19/h4,7-9H,2-3,5-6H2,1H3. The van der Waals surface area contributed by atoms with Gasteiger partial charge in [-0.2, -0.15) is 5.10 Å².